The Morgan fingerprint density at radius 2 is 1.80 bits per heavy atom. The maximum absolute atomic E-state index is 6.25. The zero-order valence-corrected chi connectivity index (χ0v) is 13.9. The Morgan fingerprint density at radius 1 is 1.20 bits per heavy atom. The Bertz CT molecular complexity index is 717. The first-order chi connectivity index (χ1) is 9.25. The van der Waals surface area contributed by atoms with E-state index < -0.39 is 0 Å². The molecule has 0 spiro atoms. The van der Waals surface area contributed by atoms with Crippen LogP contribution < -0.4 is 5.73 Å². The van der Waals surface area contributed by atoms with Crippen LogP contribution >= 0.6 is 23.8 Å². The van der Waals surface area contributed by atoms with Crippen LogP contribution in [0.1, 0.15) is 33.6 Å². The summed E-state index contributed by atoms with van der Waals surface area (Å²) < 4.78 is 1.90. The molecule has 0 amide bonds. The van der Waals surface area contributed by atoms with Gasteiger partial charge in [-0.3, -0.25) is 0 Å². The average Bonchev–Trinajstić information content (AvgIpc) is 2.62. The van der Waals surface area contributed by atoms with E-state index in [0.717, 1.165) is 39.3 Å². The predicted molar refractivity (Wildman–Crippen MR) is 88.1 cm³/mol. The minimum absolute atomic E-state index is 0.423. The van der Waals surface area contributed by atoms with Crippen molar-refractivity contribution in [3.05, 3.63) is 44.7 Å². The number of aromatic nitrogens is 2. The first kappa shape index (κ1) is 15.0. The van der Waals surface area contributed by atoms with Crippen molar-refractivity contribution in [3.8, 4) is 5.69 Å². The summed E-state index contributed by atoms with van der Waals surface area (Å²) in [6, 6.07) is 2.02. The SMILES string of the molecule is Cc1cc(C(N)=S)c(C)c(C)c1-n1nc(C)c(Cl)c1C. The summed E-state index contributed by atoms with van der Waals surface area (Å²) in [5.74, 6) is 0. The third kappa shape index (κ3) is 2.23. The molecule has 0 saturated carbocycles. The molecule has 0 aliphatic carbocycles. The summed E-state index contributed by atoms with van der Waals surface area (Å²) in [5, 5.41) is 5.25. The fourth-order valence-electron chi connectivity index (χ4n) is 2.49. The summed E-state index contributed by atoms with van der Waals surface area (Å²) in [6.07, 6.45) is 0. The maximum Gasteiger partial charge on any atom is 0.104 e. The highest BCUT2D eigenvalue weighted by Gasteiger charge is 2.17. The molecule has 3 nitrogen and oxygen atoms in total. The molecule has 0 bridgehead atoms. The Hall–Kier alpha value is -1.39. The Kier molecular flexibility index (Phi) is 3.89. The van der Waals surface area contributed by atoms with E-state index in [9.17, 15) is 0 Å². The van der Waals surface area contributed by atoms with Crippen LogP contribution in [0, 0.1) is 34.6 Å². The van der Waals surface area contributed by atoms with Gasteiger partial charge >= 0.3 is 0 Å². The lowest BCUT2D eigenvalue weighted by atomic mass is 9.97. The number of nitrogens with two attached hydrogens (primary N) is 1. The molecule has 0 aliphatic rings. The largest absolute Gasteiger partial charge is 0.389 e. The third-order valence-electron chi connectivity index (χ3n) is 3.74. The lowest BCUT2D eigenvalue weighted by molar-refractivity contribution is 0.819. The first-order valence-corrected chi connectivity index (χ1v) is 7.17. The van der Waals surface area contributed by atoms with E-state index in [2.05, 4.69) is 12.0 Å². The van der Waals surface area contributed by atoms with E-state index in [1.807, 2.05) is 38.4 Å². The molecule has 0 radical (unpaired) electrons. The fourth-order valence-corrected chi connectivity index (χ4v) is 2.82. The van der Waals surface area contributed by atoms with Gasteiger partial charge in [0.25, 0.3) is 0 Å². The van der Waals surface area contributed by atoms with Crippen molar-refractivity contribution >= 4 is 28.8 Å². The van der Waals surface area contributed by atoms with Crippen LogP contribution in [0.2, 0.25) is 5.02 Å². The Balaban J connectivity index is 2.79. The molecule has 2 N–H and O–H groups in total. The third-order valence-corrected chi connectivity index (χ3v) is 4.50. The van der Waals surface area contributed by atoms with Gasteiger partial charge in [0.15, 0.2) is 0 Å². The van der Waals surface area contributed by atoms with Gasteiger partial charge in [-0.1, -0.05) is 23.8 Å². The molecule has 0 aliphatic heterocycles. The molecule has 0 fully saturated rings. The summed E-state index contributed by atoms with van der Waals surface area (Å²) in [6.45, 7) is 10.0. The van der Waals surface area contributed by atoms with E-state index in [4.69, 9.17) is 29.6 Å². The summed E-state index contributed by atoms with van der Waals surface area (Å²) in [4.78, 5) is 0.423. The monoisotopic (exact) mass is 307 g/mol. The Morgan fingerprint density at radius 3 is 2.25 bits per heavy atom. The van der Waals surface area contributed by atoms with Crippen LogP contribution in [0.5, 0.6) is 0 Å². The molecule has 106 valence electrons. The highest BCUT2D eigenvalue weighted by Crippen LogP contribution is 2.29. The van der Waals surface area contributed by atoms with Crippen LogP contribution in [0.15, 0.2) is 6.07 Å². The van der Waals surface area contributed by atoms with E-state index in [1.54, 1.807) is 0 Å². The normalized spacial score (nSPS) is 10.9. The van der Waals surface area contributed by atoms with Gasteiger partial charge in [0.1, 0.15) is 4.99 Å². The molecule has 0 atom stereocenters. The molecule has 1 aromatic heterocycles. The van der Waals surface area contributed by atoms with Crippen LogP contribution in [-0.4, -0.2) is 14.8 Å². The van der Waals surface area contributed by atoms with Gasteiger partial charge in [0.05, 0.1) is 22.1 Å². The van der Waals surface area contributed by atoms with Gasteiger partial charge in [0, 0.05) is 5.56 Å². The molecule has 0 unspecified atom stereocenters. The van der Waals surface area contributed by atoms with Crippen molar-refractivity contribution in [1.29, 1.82) is 0 Å². The van der Waals surface area contributed by atoms with Crippen LogP contribution in [0.25, 0.3) is 5.69 Å². The minimum atomic E-state index is 0.423. The zero-order valence-electron chi connectivity index (χ0n) is 12.3. The maximum atomic E-state index is 6.25. The zero-order chi connectivity index (χ0) is 15.2. The molecule has 5 heteroatoms. The van der Waals surface area contributed by atoms with Gasteiger partial charge in [-0.2, -0.15) is 5.10 Å². The van der Waals surface area contributed by atoms with E-state index in [1.165, 1.54) is 0 Å². The number of rotatable bonds is 2. The van der Waals surface area contributed by atoms with E-state index in [-0.39, 0.29) is 0 Å². The molecule has 1 heterocycles. The van der Waals surface area contributed by atoms with Gasteiger partial charge in [0.2, 0.25) is 0 Å². The quantitative estimate of drug-likeness (QED) is 0.860. The first-order valence-electron chi connectivity index (χ1n) is 6.38. The summed E-state index contributed by atoms with van der Waals surface area (Å²) >= 11 is 11.4. The van der Waals surface area contributed by atoms with Gasteiger partial charge < -0.3 is 5.73 Å². The van der Waals surface area contributed by atoms with Gasteiger partial charge in [-0.25, -0.2) is 4.68 Å². The van der Waals surface area contributed by atoms with Crippen LogP contribution in [0.4, 0.5) is 0 Å². The number of nitrogens with zero attached hydrogens (tertiary/aromatic N) is 2. The highest BCUT2D eigenvalue weighted by atomic mass is 35.5. The number of thiocarbonyl (C=S) groups is 1. The van der Waals surface area contributed by atoms with E-state index in [0.29, 0.717) is 10.0 Å². The second kappa shape index (κ2) is 5.19. The predicted octanol–water partition coefficient (Wildman–Crippen LogP) is 3.70. The highest BCUT2D eigenvalue weighted by molar-refractivity contribution is 7.80. The van der Waals surface area contributed by atoms with Crippen molar-refractivity contribution < 1.29 is 0 Å². The number of halogens is 1. The van der Waals surface area contributed by atoms with Crippen molar-refractivity contribution in [2.45, 2.75) is 34.6 Å². The average molecular weight is 308 g/mol. The number of hydrogen-bond donors (Lipinski definition) is 1. The molecule has 20 heavy (non-hydrogen) atoms. The second-order valence-corrected chi connectivity index (χ2v) is 5.92. The van der Waals surface area contributed by atoms with Crippen LogP contribution in [-0.2, 0) is 0 Å². The summed E-state index contributed by atoms with van der Waals surface area (Å²) in [5.41, 5.74) is 12.8. The van der Waals surface area contributed by atoms with Crippen molar-refractivity contribution in [1.82, 2.24) is 9.78 Å². The van der Waals surface area contributed by atoms with Crippen molar-refractivity contribution in [2.24, 2.45) is 5.73 Å². The lowest BCUT2D eigenvalue weighted by Gasteiger charge is -2.17. The van der Waals surface area contributed by atoms with Crippen molar-refractivity contribution in [3.63, 3.8) is 0 Å². The second-order valence-electron chi connectivity index (χ2n) is 5.10. The molecular weight excluding hydrogens is 290 g/mol. The van der Waals surface area contributed by atoms with Crippen molar-refractivity contribution in [2.75, 3.05) is 0 Å². The fraction of sp³-hybridized carbons (Fsp3) is 0.333. The minimum Gasteiger partial charge on any atom is -0.389 e. The standard InChI is InChI=1S/C15H18ClN3S/c1-7-6-12(15(17)20)8(2)9(3)14(7)19-11(5)13(16)10(4)18-19/h6H,1-5H3,(H2,17,20). The molecule has 1 aromatic carbocycles. The van der Waals surface area contributed by atoms with Gasteiger partial charge in [-0.05, 0) is 57.4 Å². The lowest BCUT2D eigenvalue weighted by Crippen LogP contribution is -2.15. The van der Waals surface area contributed by atoms with E-state index >= 15 is 0 Å². The summed E-state index contributed by atoms with van der Waals surface area (Å²) in [7, 11) is 0. The smallest absolute Gasteiger partial charge is 0.104 e. The number of hydrogen-bond acceptors (Lipinski definition) is 2. The molecule has 0 saturated heterocycles. The van der Waals surface area contributed by atoms with Gasteiger partial charge in [-0.15, -0.1) is 0 Å². The topological polar surface area (TPSA) is 43.8 Å². The number of aryl methyl sites for hydroxylation is 2. The Labute approximate surface area is 129 Å². The number of benzene rings is 1. The molecular formula is C15H18ClN3S. The molecule has 2 aromatic rings. The molecule has 2 rings (SSSR count). The van der Waals surface area contributed by atoms with Crippen LogP contribution in [0.3, 0.4) is 0 Å².